The molecule has 0 amide bonds. The lowest BCUT2D eigenvalue weighted by Gasteiger charge is -2.19. The van der Waals surface area contributed by atoms with Crippen LogP contribution in [-0.2, 0) is 14.3 Å². The van der Waals surface area contributed by atoms with Crippen LogP contribution in [0.4, 0.5) is 0 Å². The Morgan fingerprint density at radius 3 is 1.59 bits per heavy atom. The third-order valence-corrected chi connectivity index (χ3v) is 8.22. The van der Waals surface area contributed by atoms with Crippen molar-refractivity contribution in [3.63, 3.8) is 0 Å². The molecule has 4 nitrogen and oxygen atoms in total. The Hall–Kier alpha value is -0.900. The van der Waals surface area contributed by atoms with E-state index in [1.807, 2.05) is 0 Å². The van der Waals surface area contributed by atoms with Crippen LogP contribution in [0.15, 0.2) is 0 Å². The summed E-state index contributed by atoms with van der Waals surface area (Å²) in [5.41, 5.74) is 0. The zero-order valence-corrected chi connectivity index (χ0v) is 27.0. The van der Waals surface area contributed by atoms with Gasteiger partial charge in [-0.3, -0.25) is 4.79 Å². The van der Waals surface area contributed by atoms with Crippen LogP contribution in [0.25, 0.3) is 0 Å². The summed E-state index contributed by atoms with van der Waals surface area (Å²) in [6.07, 6.45) is 32.0. The van der Waals surface area contributed by atoms with Crippen molar-refractivity contribution in [2.75, 3.05) is 20.6 Å². The quantitative estimate of drug-likeness (QED) is 0.0488. The molecular formula is C35H69NO3. The highest BCUT2D eigenvalue weighted by molar-refractivity contribution is 5.69. The van der Waals surface area contributed by atoms with Gasteiger partial charge in [0.2, 0.25) is 0 Å². The van der Waals surface area contributed by atoms with Crippen LogP contribution in [0.3, 0.4) is 0 Å². The number of hydrogen-bond acceptors (Lipinski definition) is 4. The fourth-order valence-electron chi connectivity index (χ4n) is 5.58. The van der Waals surface area contributed by atoms with Gasteiger partial charge in [-0.15, -0.1) is 0 Å². The first-order valence-corrected chi connectivity index (χ1v) is 17.3. The van der Waals surface area contributed by atoms with E-state index in [9.17, 15) is 9.59 Å². The fourth-order valence-corrected chi connectivity index (χ4v) is 5.58. The van der Waals surface area contributed by atoms with Gasteiger partial charge in [-0.1, -0.05) is 123 Å². The molecule has 1 unspecified atom stereocenters. The van der Waals surface area contributed by atoms with Gasteiger partial charge in [0.15, 0.2) is 0 Å². The highest BCUT2D eigenvalue weighted by Crippen LogP contribution is 2.22. The van der Waals surface area contributed by atoms with Gasteiger partial charge in [0.25, 0.3) is 0 Å². The molecule has 0 radical (unpaired) electrons. The first-order valence-electron chi connectivity index (χ1n) is 17.3. The number of unbranched alkanes of at least 4 members (excludes halogenated alkanes) is 16. The number of hydrogen-bond donors (Lipinski definition) is 0. The first kappa shape index (κ1) is 38.1. The van der Waals surface area contributed by atoms with Crippen LogP contribution in [0.1, 0.15) is 181 Å². The lowest BCUT2D eigenvalue weighted by Crippen LogP contribution is -2.18. The van der Waals surface area contributed by atoms with Crippen molar-refractivity contribution in [3.05, 3.63) is 0 Å². The van der Waals surface area contributed by atoms with E-state index in [-0.39, 0.29) is 12.1 Å². The average Bonchev–Trinajstić information content (AvgIpc) is 2.92. The molecule has 0 N–H and O–H groups in total. The van der Waals surface area contributed by atoms with E-state index >= 15 is 0 Å². The van der Waals surface area contributed by atoms with Gasteiger partial charge in [-0.05, 0) is 71.5 Å². The molecule has 0 spiro atoms. The van der Waals surface area contributed by atoms with Gasteiger partial charge in [0.1, 0.15) is 12.4 Å². The molecule has 4 heteroatoms. The van der Waals surface area contributed by atoms with Gasteiger partial charge >= 0.3 is 5.97 Å². The predicted octanol–water partition coefficient (Wildman–Crippen LogP) is 10.5. The summed E-state index contributed by atoms with van der Waals surface area (Å²) >= 11 is 0. The normalized spacial score (nSPS) is 12.4. The van der Waals surface area contributed by atoms with Gasteiger partial charge in [0.05, 0.1) is 0 Å². The van der Waals surface area contributed by atoms with Crippen LogP contribution in [-0.4, -0.2) is 43.9 Å². The summed E-state index contributed by atoms with van der Waals surface area (Å²) in [5, 5.41) is 0. The summed E-state index contributed by atoms with van der Waals surface area (Å²) in [4.78, 5) is 25.5. The van der Waals surface area contributed by atoms with Gasteiger partial charge < -0.3 is 14.4 Å². The van der Waals surface area contributed by atoms with Gasteiger partial charge in [-0.2, -0.15) is 0 Å². The highest BCUT2D eigenvalue weighted by atomic mass is 16.5. The van der Waals surface area contributed by atoms with Crippen molar-refractivity contribution in [2.24, 2.45) is 5.92 Å². The molecule has 0 aliphatic carbocycles. The minimum Gasteiger partial charge on any atom is -0.462 e. The Morgan fingerprint density at radius 1 is 0.615 bits per heavy atom. The average molecular weight is 552 g/mol. The summed E-state index contributed by atoms with van der Waals surface area (Å²) in [6.45, 7) is 5.69. The number of aldehydes is 1. The summed E-state index contributed by atoms with van der Waals surface area (Å²) in [5.74, 6) is 0.828. The van der Waals surface area contributed by atoms with E-state index in [2.05, 4.69) is 32.8 Å². The molecule has 0 aromatic heterocycles. The molecule has 39 heavy (non-hydrogen) atoms. The lowest BCUT2D eigenvalue weighted by molar-refractivity contribution is -0.150. The molecule has 0 bridgehead atoms. The van der Waals surface area contributed by atoms with Crippen LogP contribution in [0.2, 0.25) is 0 Å². The van der Waals surface area contributed by atoms with E-state index in [1.165, 1.54) is 122 Å². The zero-order chi connectivity index (χ0) is 28.8. The maximum absolute atomic E-state index is 12.6. The molecule has 0 saturated carbocycles. The number of carbonyl (C=O) groups excluding carboxylic acids is 2. The number of rotatable bonds is 31. The molecule has 0 aliphatic rings. The Morgan fingerprint density at radius 2 is 1.08 bits per heavy atom. The molecule has 0 aromatic carbocycles. The van der Waals surface area contributed by atoms with E-state index in [4.69, 9.17) is 4.74 Å². The van der Waals surface area contributed by atoms with Crippen LogP contribution >= 0.6 is 0 Å². The third-order valence-electron chi connectivity index (χ3n) is 8.22. The van der Waals surface area contributed by atoms with Crippen molar-refractivity contribution in [1.82, 2.24) is 4.90 Å². The molecule has 0 aliphatic heterocycles. The first-order chi connectivity index (χ1) is 19.0. The molecule has 1 atom stereocenters. The van der Waals surface area contributed by atoms with E-state index in [0.717, 1.165) is 50.9 Å². The molecule has 0 saturated heterocycles. The highest BCUT2D eigenvalue weighted by Gasteiger charge is 2.14. The van der Waals surface area contributed by atoms with Gasteiger partial charge in [-0.25, -0.2) is 0 Å². The smallest absolute Gasteiger partial charge is 0.306 e. The number of carbonyl (C=O) groups is 2. The second-order valence-electron chi connectivity index (χ2n) is 12.4. The Labute approximate surface area is 244 Å². The molecular weight excluding hydrogens is 482 g/mol. The molecule has 232 valence electrons. The minimum atomic E-state index is 0.0381. The monoisotopic (exact) mass is 552 g/mol. The maximum atomic E-state index is 12.6. The predicted molar refractivity (Wildman–Crippen MR) is 169 cm³/mol. The third kappa shape index (κ3) is 28.4. The van der Waals surface area contributed by atoms with Gasteiger partial charge in [0, 0.05) is 12.8 Å². The van der Waals surface area contributed by atoms with Crippen molar-refractivity contribution < 1.29 is 14.3 Å². The largest absolute Gasteiger partial charge is 0.462 e. The minimum absolute atomic E-state index is 0.0381. The lowest BCUT2D eigenvalue weighted by atomic mass is 9.91. The SMILES string of the molecule is CCCCCCCCC(CCCCCCCC)OC(=O)CCCCCCC(CCCCCC=O)CCN(C)C. The second kappa shape index (κ2) is 30.1. The van der Waals surface area contributed by atoms with E-state index < -0.39 is 0 Å². The Bertz CT molecular complexity index is 506. The number of nitrogens with zero attached hydrogens (tertiary/aromatic N) is 1. The van der Waals surface area contributed by atoms with Crippen LogP contribution in [0.5, 0.6) is 0 Å². The van der Waals surface area contributed by atoms with E-state index in [1.54, 1.807) is 0 Å². The van der Waals surface area contributed by atoms with Crippen LogP contribution in [0, 0.1) is 5.92 Å². The molecule has 0 heterocycles. The number of esters is 1. The van der Waals surface area contributed by atoms with Crippen LogP contribution < -0.4 is 0 Å². The Kier molecular flexibility index (Phi) is 29.4. The van der Waals surface area contributed by atoms with Crippen molar-refractivity contribution in [1.29, 1.82) is 0 Å². The molecule has 0 fully saturated rings. The summed E-state index contributed by atoms with van der Waals surface area (Å²) in [6, 6.07) is 0. The van der Waals surface area contributed by atoms with E-state index in [0.29, 0.717) is 12.8 Å². The zero-order valence-electron chi connectivity index (χ0n) is 27.0. The number of ether oxygens (including phenoxy) is 1. The topological polar surface area (TPSA) is 46.6 Å². The van der Waals surface area contributed by atoms with Crippen molar-refractivity contribution >= 4 is 12.3 Å². The maximum Gasteiger partial charge on any atom is 0.306 e. The molecule has 0 rings (SSSR count). The summed E-state index contributed by atoms with van der Waals surface area (Å²) < 4.78 is 6.01. The van der Waals surface area contributed by atoms with Crippen molar-refractivity contribution in [3.8, 4) is 0 Å². The second-order valence-corrected chi connectivity index (χ2v) is 12.4. The van der Waals surface area contributed by atoms with Crippen molar-refractivity contribution in [2.45, 2.75) is 187 Å². The Balaban J connectivity index is 4.22. The summed E-state index contributed by atoms with van der Waals surface area (Å²) in [7, 11) is 4.32. The molecule has 0 aromatic rings. The fraction of sp³-hybridized carbons (Fsp3) is 0.943. The standard InChI is InChI=1S/C35H69NO3/c1-5-7-9-11-13-21-27-34(28-22-14-12-10-8-6-2)39-35(38)29-23-16-15-19-25-33(30-31-36(3)4)26-20-17-18-24-32-37/h32-34H,5-31H2,1-4H3.